The summed E-state index contributed by atoms with van der Waals surface area (Å²) in [5, 5.41) is 27.2. The highest BCUT2D eigenvalue weighted by molar-refractivity contribution is 7.86. The molecule has 2 aliphatic rings. The van der Waals surface area contributed by atoms with Gasteiger partial charge in [-0.05, 0) is 144 Å². The van der Waals surface area contributed by atoms with Gasteiger partial charge in [-0.25, -0.2) is 46.0 Å². The number of rotatable bonds is 62. The summed E-state index contributed by atoms with van der Waals surface area (Å²) in [4.78, 5) is 146. The van der Waals surface area contributed by atoms with Crippen molar-refractivity contribution in [2.45, 2.75) is 242 Å². The zero-order valence-electron chi connectivity index (χ0n) is 74.4. The number of carboxylic acid groups (broad SMARTS) is 1. The molecule has 0 aliphatic carbocycles. The Morgan fingerprint density at radius 2 is 0.858 bits per heavy atom. The van der Waals surface area contributed by atoms with Crippen LogP contribution in [0.5, 0.6) is 0 Å². The van der Waals surface area contributed by atoms with Crippen LogP contribution in [0.4, 0.5) is 42.4 Å². The fourth-order valence-corrected chi connectivity index (χ4v) is 15.2. The molecule has 37 nitrogen and oxygen atoms in total. The SMILES string of the molecule is Cc1cc(=O)[nH]c(NC(=O)NCCCCCC(=O)CCCCCNC(=O)OCCOCCOCCC(=O)CCCCCCNC(=O)CCCCCN2c3ccc(S(=O)(=O)[O-])cc3C(C)(C)C2/C=C/C=C/C=C2/N(C)c3ccc(S(=O)(=O)[O-])cc3C2(C)C)n1.Cc1cc(=O)[nH]c(NC(=O)NCCCCCC(=O)CCCCCNC(=O)OCCOCCOCCC(=O)O)n1. The van der Waals surface area contributed by atoms with Crippen molar-refractivity contribution < 1.29 is 103 Å². The van der Waals surface area contributed by atoms with E-state index in [-0.39, 0.29) is 115 Å². The van der Waals surface area contributed by atoms with E-state index in [9.17, 15) is 78.7 Å². The average molecular weight is 1820 g/mol. The average Bonchev–Trinajstić information content (AvgIpc) is 1.59. The number of carboxylic acids is 1. The zero-order valence-corrected chi connectivity index (χ0v) is 76.1. The van der Waals surface area contributed by atoms with Gasteiger partial charge in [-0.2, -0.15) is 0 Å². The van der Waals surface area contributed by atoms with E-state index in [1.165, 1.54) is 36.4 Å². The van der Waals surface area contributed by atoms with E-state index < -0.39 is 61.3 Å². The Bertz CT molecular complexity index is 4630. The standard InChI is InChI=1S/C63H92N8O15S2.C25H41N5O9/c1-46-43-58(75)68-59(67-46)69-60(76)65-35-20-10-14-23-47(72)24-15-11-21-36-66-61(77)86-42-41-85-40-39-84-38-33-48(73)25-13-7-8-19-34-64-57(74)28-18-12-22-37-71-54-32-30-50(88(81,82)83)45-52(54)63(4,5)56(71)27-17-9-16-26-55-62(2,3)51-44-49(87(78,79)80)29-31-53(51)70(55)6;1-19-18-21(32)29-23(28-19)30-24(35)26-11-6-2-4-8-20(31)9-5-3-7-12-27-25(36)39-17-16-38-15-14-37-13-10-22(33)34/h9,16-17,26-27,29-32,43-45,56H,7-8,10-15,18-25,28,33-42H2,1-6H3,(H,64,74)(H,66,77)(H,78,79,80)(H,81,82,83)(H3,65,67,68,69,75,76);18H,2-17H2,1H3,(H,27,36)(H,33,34)(H3,26,28,29,30,32,35)/p-2/b16-9+,27-17+,55-26+;. The van der Waals surface area contributed by atoms with Crippen LogP contribution >= 0.6 is 0 Å². The van der Waals surface area contributed by atoms with Crippen molar-refractivity contribution in [3.8, 4) is 0 Å². The van der Waals surface area contributed by atoms with Gasteiger partial charge in [0, 0.05) is 143 Å². The predicted octanol–water partition coefficient (Wildman–Crippen LogP) is 10.8. The number of Topliss-reactive ketones (excluding diaryl/α,β-unsaturated/α-hetero) is 3. The number of aromatic nitrogens is 4. The summed E-state index contributed by atoms with van der Waals surface area (Å²) < 4.78 is 103. The monoisotopic (exact) mass is 1820 g/mol. The first kappa shape index (κ1) is 107. The number of hydrogen-bond acceptors (Lipinski definition) is 27. The van der Waals surface area contributed by atoms with Gasteiger partial charge in [0.25, 0.3) is 11.1 Å². The van der Waals surface area contributed by atoms with Crippen LogP contribution in [0.15, 0.2) is 104 Å². The molecular weight excluding hydrogens is 1690 g/mol. The molecular formula is C88H131N13O24S2-2. The van der Waals surface area contributed by atoms with E-state index in [1.54, 1.807) is 26.0 Å². The first-order chi connectivity index (χ1) is 60.5. The van der Waals surface area contributed by atoms with Gasteiger partial charge in [-0.3, -0.25) is 54.2 Å². The number of unbranched alkanes of at least 4 members (excludes halogenated alkanes) is 13. The molecule has 0 saturated carbocycles. The fourth-order valence-electron chi connectivity index (χ4n) is 14.2. The highest BCUT2D eigenvalue weighted by atomic mass is 32.2. The van der Waals surface area contributed by atoms with Gasteiger partial charge in [-0.1, -0.05) is 96.9 Å². The number of carbonyl (C=O) groups is 9. The molecule has 2 aliphatic heterocycles. The summed E-state index contributed by atoms with van der Waals surface area (Å²) in [6, 6.07) is 10.5. The summed E-state index contributed by atoms with van der Waals surface area (Å²) in [5.41, 5.74) is 3.21. The van der Waals surface area contributed by atoms with E-state index in [0.29, 0.717) is 128 Å². The lowest BCUT2D eigenvalue weighted by Crippen LogP contribution is -2.40. The number of alkyl carbamates (subject to hydrolysis) is 2. The second kappa shape index (κ2) is 58.2. The highest BCUT2D eigenvalue weighted by Crippen LogP contribution is 2.49. The van der Waals surface area contributed by atoms with E-state index in [1.807, 2.05) is 63.9 Å². The van der Waals surface area contributed by atoms with Crippen molar-refractivity contribution in [1.29, 1.82) is 0 Å². The maximum atomic E-state index is 12.7. The second-order valence-corrected chi connectivity index (χ2v) is 34.8. The van der Waals surface area contributed by atoms with Crippen LogP contribution in [0.1, 0.15) is 224 Å². The summed E-state index contributed by atoms with van der Waals surface area (Å²) in [7, 11) is -7.41. The van der Waals surface area contributed by atoms with Gasteiger partial charge in [0.15, 0.2) is 0 Å². The smallest absolute Gasteiger partial charge is 0.407 e. The Morgan fingerprint density at radius 3 is 1.32 bits per heavy atom. The van der Waals surface area contributed by atoms with Crippen LogP contribution in [0.2, 0.25) is 0 Å². The van der Waals surface area contributed by atoms with Crippen molar-refractivity contribution in [2.75, 3.05) is 133 Å². The maximum Gasteiger partial charge on any atom is 0.407 e. The molecule has 2 aromatic heterocycles. The summed E-state index contributed by atoms with van der Waals surface area (Å²) in [6.07, 6.45) is 26.4. The zero-order chi connectivity index (χ0) is 93.1. The van der Waals surface area contributed by atoms with Crippen molar-refractivity contribution in [3.05, 3.63) is 128 Å². The van der Waals surface area contributed by atoms with Crippen LogP contribution in [0.25, 0.3) is 0 Å². The Balaban J connectivity index is 0.000000612. The normalized spacial score (nSPS) is 14.1. The van der Waals surface area contributed by atoms with Crippen LogP contribution in [-0.4, -0.2) is 223 Å². The Kier molecular flexibility index (Phi) is 49.2. The number of aryl methyl sites for hydroxylation is 2. The molecule has 1 atom stereocenters. The summed E-state index contributed by atoms with van der Waals surface area (Å²) in [6.45, 7) is 16.5. The summed E-state index contributed by atoms with van der Waals surface area (Å²) >= 11 is 0. The highest BCUT2D eigenvalue weighted by Gasteiger charge is 2.44. The Labute approximate surface area is 744 Å². The van der Waals surface area contributed by atoms with Crippen LogP contribution in [0.3, 0.4) is 0 Å². The second-order valence-electron chi connectivity index (χ2n) is 32.0. The molecule has 706 valence electrons. The number of ether oxygens (including phenoxy) is 6. The molecule has 4 aromatic rings. The number of aliphatic carboxylic acids is 1. The molecule has 0 spiro atoms. The first-order valence-corrected chi connectivity index (χ1v) is 46.5. The summed E-state index contributed by atoms with van der Waals surface area (Å²) in [5.74, 6) is -0.237. The number of fused-ring (bicyclic) bond motifs is 2. The maximum absolute atomic E-state index is 12.7. The first-order valence-electron chi connectivity index (χ1n) is 43.7. The van der Waals surface area contributed by atoms with Gasteiger partial charge >= 0.3 is 30.2 Å². The van der Waals surface area contributed by atoms with E-state index in [4.69, 9.17) is 33.5 Å². The number of allylic oxidation sites excluding steroid dienone is 5. The fraction of sp³-hybridized carbons (Fsp3) is 0.602. The number of aromatic amines is 2. The van der Waals surface area contributed by atoms with Gasteiger partial charge in [0.05, 0.1) is 75.1 Å². The minimum Gasteiger partial charge on any atom is -0.744 e. The van der Waals surface area contributed by atoms with Gasteiger partial charge in [0.2, 0.25) is 17.8 Å². The van der Waals surface area contributed by atoms with Crippen molar-refractivity contribution in [2.24, 2.45) is 0 Å². The number of H-pyrrole nitrogens is 2. The Hall–Kier alpha value is -10.3. The van der Waals surface area contributed by atoms with Crippen molar-refractivity contribution in [3.63, 3.8) is 0 Å². The minimum atomic E-state index is -4.68. The van der Waals surface area contributed by atoms with Gasteiger partial charge in [0.1, 0.15) is 50.8 Å². The number of benzene rings is 2. The topological polar surface area (TPSA) is 526 Å². The molecule has 0 fully saturated rings. The predicted molar refractivity (Wildman–Crippen MR) is 476 cm³/mol. The third-order valence-electron chi connectivity index (χ3n) is 20.9. The molecule has 0 saturated heterocycles. The Morgan fingerprint density at radius 1 is 0.465 bits per heavy atom. The molecule has 6 rings (SSSR count). The molecule has 0 radical (unpaired) electrons. The molecule has 2 aromatic carbocycles. The number of urea groups is 2. The van der Waals surface area contributed by atoms with E-state index >= 15 is 0 Å². The number of ketones is 3. The lowest BCUT2D eigenvalue weighted by molar-refractivity contribution is -0.138. The molecule has 39 heteroatoms. The molecule has 1 unspecified atom stereocenters. The molecule has 127 heavy (non-hydrogen) atoms. The third-order valence-corrected chi connectivity index (χ3v) is 22.6. The molecule has 7 amide bonds. The number of anilines is 4. The van der Waals surface area contributed by atoms with Crippen molar-refractivity contribution in [1.82, 2.24) is 46.5 Å². The number of carbonyl (C=O) groups excluding carboxylic acids is 8. The van der Waals surface area contributed by atoms with Crippen LogP contribution in [-0.2, 0) is 83.5 Å². The largest absolute Gasteiger partial charge is 0.744 e. The number of amides is 7. The third kappa shape index (κ3) is 43.4. The molecule has 10 N–H and O–H groups in total. The number of likely N-dealkylation sites (N-methyl/N-ethyl adjacent to an activating group) is 1. The number of nitrogens with zero attached hydrogens (tertiary/aromatic N) is 4. The van der Waals surface area contributed by atoms with Crippen molar-refractivity contribution >= 4 is 97.0 Å². The van der Waals surface area contributed by atoms with Crippen LogP contribution < -0.4 is 58.1 Å². The van der Waals surface area contributed by atoms with Gasteiger partial charge in [-0.15, -0.1) is 0 Å². The minimum absolute atomic E-state index is 0.0154. The number of hydrogen-bond donors (Lipinski definition) is 10. The quantitative estimate of drug-likeness (QED) is 0.0111. The van der Waals surface area contributed by atoms with Crippen LogP contribution in [0, 0.1) is 13.8 Å². The molecule has 4 heterocycles. The lowest BCUT2D eigenvalue weighted by Gasteiger charge is -2.32. The van der Waals surface area contributed by atoms with E-state index in [2.05, 4.69) is 68.1 Å². The van der Waals surface area contributed by atoms with Gasteiger partial charge < -0.3 is 79.0 Å². The lowest BCUT2D eigenvalue weighted by atomic mass is 9.80. The molecule has 0 bridgehead atoms. The number of nitrogens with one attached hydrogen (secondary N) is 9. The van der Waals surface area contributed by atoms with E-state index in [0.717, 1.165) is 137 Å².